The monoisotopic (exact) mass is 274 g/mol. The van der Waals surface area contributed by atoms with Crippen molar-refractivity contribution in [3.8, 4) is 0 Å². The van der Waals surface area contributed by atoms with Gasteiger partial charge in [-0.05, 0) is 54.8 Å². The second-order valence-electron chi connectivity index (χ2n) is 7.32. The Balaban J connectivity index is 2.59. The molecule has 1 aliphatic rings. The molecule has 1 atom stereocenters. The molecule has 18 heavy (non-hydrogen) atoms. The highest BCUT2D eigenvalue weighted by Crippen LogP contribution is 2.50. The molecule has 0 aromatic rings. The van der Waals surface area contributed by atoms with Gasteiger partial charge in [0.1, 0.15) is 0 Å². The maximum Gasteiger partial charge on any atom is 0.0465 e. The van der Waals surface area contributed by atoms with Crippen LogP contribution in [0.15, 0.2) is 0 Å². The summed E-state index contributed by atoms with van der Waals surface area (Å²) in [5, 5.41) is 0. The molecule has 0 radical (unpaired) electrons. The maximum absolute atomic E-state index is 6.33. The van der Waals surface area contributed by atoms with E-state index in [1.165, 1.54) is 25.7 Å². The standard InChI is InChI=1S/C16H31ClO/c1-13(8-11-18-5)16(12-17)9-6-14(7-10-16)15(2,3)4/h13-14H,6-12H2,1-5H3. The molecule has 0 N–H and O–H groups in total. The first-order valence-electron chi connectivity index (χ1n) is 7.40. The van der Waals surface area contributed by atoms with Gasteiger partial charge < -0.3 is 4.74 Å². The van der Waals surface area contributed by atoms with Gasteiger partial charge in [0, 0.05) is 19.6 Å². The lowest BCUT2D eigenvalue weighted by atomic mass is 9.60. The molecule has 0 aromatic carbocycles. The third-order valence-corrected chi connectivity index (χ3v) is 5.80. The van der Waals surface area contributed by atoms with Gasteiger partial charge in [-0.25, -0.2) is 0 Å². The first-order valence-corrected chi connectivity index (χ1v) is 7.94. The predicted molar refractivity (Wildman–Crippen MR) is 80.2 cm³/mol. The highest BCUT2D eigenvalue weighted by Gasteiger charge is 2.41. The quantitative estimate of drug-likeness (QED) is 0.632. The molecular weight excluding hydrogens is 244 g/mol. The fourth-order valence-electron chi connectivity index (χ4n) is 3.42. The first kappa shape index (κ1) is 16.3. The van der Waals surface area contributed by atoms with Gasteiger partial charge in [-0.2, -0.15) is 0 Å². The molecule has 1 saturated carbocycles. The van der Waals surface area contributed by atoms with Crippen LogP contribution in [0, 0.1) is 22.7 Å². The molecule has 1 nitrogen and oxygen atoms in total. The second-order valence-corrected chi connectivity index (χ2v) is 7.59. The smallest absolute Gasteiger partial charge is 0.0465 e. The summed E-state index contributed by atoms with van der Waals surface area (Å²) in [6, 6.07) is 0. The summed E-state index contributed by atoms with van der Waals surface area (Å²) in [4.78, 5) is 0. The van der Waals surface area contributed by atoms with E-state index in [9.17, 15) is 0 Å². The lowest BCUT2D eigenvalue weighted by Gasteiger charge is -2.46. The second kappa shape index (κ2) is 6.61. The Hall–Kier alpha value is 0.250. The van der Waals surface area contributed by atoms with Crippen LogP contribution in [0.4, 0.5) is 0 Å². The number of alkyl halides is 1. The molecule has 0 aromatic heterocycles. The van der Waals surface area contributed by atoms with Gasteiger partial charge in [-0.3, -0.25) is 0 Å². The van der Waals surface area contributed by atoms with Crippen molar-refractivity contribution in [2.45, 2.75) is 59.8 Å². The van der Waals surface area contributed by atoms with Gasteiger partial charge in [-0.15, -0.1) is 11.6 Å². The molecule has 0 spiro atoms. The summed E-state index contributed by atoms with van der Waals surface area (Å²) < 4.78 is 5.23. The van der Waals surface area contributed by atoms with Gasteiger partial charge in [0.25, 0.3) is 0 Å². The van der Waals surface area contributed by atoms with Crippen LogP contribution in [0.25, 0.3) is 0 Å². The molecule has 0 saturated heterocycles. The fourth-order valence-corrected chi connectivity index (χ4v) is 3.95. The zero-order valence-corrected chi connectivity index (χ0v) is 13.6. The maximum atomic E-state index is 6.33. The SMILES string of the molecule is COCCC(C)C1(CCl)CCC(C(C)(C)C)CC1. The third-order valence-electron chi connectivity index (χ3n) is 5.27. The van der Waals surface area contributed by atoms with Gasteiger partial charge in [-0.1, -0.05) is 27.7 Å². The van der Waals surface area contributed by atoms with Crippen molar-refractivity contribution >= 4 is 11.6 Å². The summed E-state index contributed by atoms with van der Waals surface area (Å²) in [5.74, 6) is 2.36. The van der Waals surface area contributed by atoms with Crippen molar-refractivity contribution in [3.05, 3.63) is 0 Å². The summed E-state index contributed by atoms with van der Waals surface area (Å²) >= 11 is 6.33. The minimum absolute atomic E-state index is 0.363. The fraction of sp³-hybridized carbons (Fsp3) is 1.00. The minimum Gasteiger partial charge on any atom is -0.385 e. The Kier molecular flexibility index (Phi) is 5.99. The number of halogens is 1. The van der Waals surface area contributed by atoms with E-state index in [1.807, 2.05) is 0 Å². The van der Waals surface area contributed by atoms with Crippen LogP contribution in [0.2, 0.25) is 0 Å². The average molecular weight is 275 g/mol. The lowest BCUT2D eigenvalue weighted by molar-refractivity contribution is 0.0476. The van der Waals surface area contributed by atoms with Crippen LogP contribution in [-0.2, 0) is 4.74 Å². The Morgan fingerprint density at radius 3 is 2.22 bits per heavy atom. The van der Waals surface area contributed by atoms with Gasteiger partial charge >= 0.3 is 0 Å². The van der Waals surface area contributed by atoms with E-state index in [-0.39, 0.29) is 0 Å². The number of hydrogen-bond acceptors (Lipinski definition) is 1. The average Bonchev–Trinajstić information content (AvgIpc) is 2.34. The van der Waals surface area contributed by atoms with Crippen molar-refractivity contribution in [1.82, 2.24) is 0 Å². The Morgan fingerprint density at radius 2 is 1.83 bits per heavy atom. The molecule has 0 bridgehead atoms. The van der Waals surface area contributed by atoms with Gasteiger partial charge in [0.05, 0.1) is 0 Å². The molecule has 0 amide bonds. The van der Waals surface area contributed by atoms with Crippen LogP contribution in [-0.4, -0.2) is 19.6 Å². The Labute approximate surface area is 119 Å². The molecule has 1 rings (SSSR count). The van der Waals surface area contributed by atoms with Crippen molar-refractivity contribution in [2.24, 2.45) is 22.7 Å². The van der Waals surface area contributed by atoms with E-state index in [0.717, 1.165) is 24.8 Å². The largest absolute Gasteiger partial charge is 0.385 e. The lowest BCUT2D eigenvalue weighted by Crippen LogP contribution is -2.38. The van der Waals surface area contributed by atoms with Crippen LogP contribution in [0.1, 0.15) is 59.8 Å². The third kappa shape index (κ3) is 3.87. The molecule has 1 unspecified atom stereocenters. The molecular formula is C16H31ClO. The number of ether oxygens (including phenoxy) is 1. The van der Waals surface area contributed by atoms with Crippen molar-refractivity contribution in [1.29, 1.82) is 0 Å². The number of rotatable bonds is 5. The highest BCUT2D eigenvalue weighted by atomic mass is 35.5. The van der Waals surface area contributed by atoms with Gasteiger partial charge in [0.15, 0.2) is 0 Å². The van der Waals surface area contributed by atoms with Crippen LogP contribution < -0.4 is 0 Å². The van der Waals surface area contributed by atoms with E-state index < -0.39 is 0 Å². The van der Waals surface area contributed by atoms with Crippen molar-refractivity contribution in [2.75, 3.05) is 19.6 Å². The van der Waals surface area contributed by atoms with Gasteiger partial charge in [0.2, 0.25) is 0 Å². The van der Waals surface area contributed by atoms with Crippen LogP contribution >= 0.6 is 11.6 Å². The van der Waals surface area contributed by atoms with E-state index in [2.05, 4.69) is 27.7 Å². The molecule has 0 heterocycles. The summed E-state index contributed by atoms with van der Waals surface area (Å²) in [7, 11) is 1.79. The molecule has 1 fully saturated rings. The minimum atomic E-state index is 0.363. The van der Waals surface area contributed by atoms with Crippen molar-refractivity contribution in [3.63, 3.8) is 0 Å². The molecule has 1 aliphatic carbocycles. The molecule has 108 valence electrons. The van der Waals surface area contributed by atoms with E-state index in [0.29, 0.717) is 16.7 Å². The Bertz CT molecular complexity index is 236. The van der Waals surface area contributed by atoms with Crippen LogP contribution in [0.3, 0.4) is 0 Å². The first-order chi connectivity index (χ1) is 8.35. The number of methoxy groups -OCH3 is 1. The van der Waals surface area contributed by atoms with E-state index in [4.69, 9.17) is 16.3 Å². The Morgan fingerprint density at radius 1 is 1.28 bits per heavy atom. The van der Waals surface area contributed by atoms with E-state index in [1.54, 1.807) is 7.11 Å². The summed E-state index contributed by atoms with van der Waals surface area (Å²) in [6.07, 6.45) is 6.41. The summed E-state index contributed by atoms with van der Waals surface area (Å²) in [5.41, 5.74) is 0.816. The normalized spacial score (nSPS) is 31.3. The number of hydrogen-bond donors (Lipinski definition) is 0. The molecule has 0 aliphatic heterocycles. The van der Waals surface area contributed by atoms with E-state index >= 15 is 0 Å². The zero-order valence-electron chi connectivity index (χ0n) is 12.9. The topological polar surface area (TPSA) is 9.23 Å². The predicted octanol–water partition coefficient (Wildman–Crippen LogP) is 5.12. The molecule has 2 heteroatoms. The zero-order chi connectivity index (χ0) is 13.8. The highest BCUT2D eigenvalue weighted by molar-refractivity contribution is 6.18. The van der Waals surface area contributed by atoms with Crippen LogP contribution in [0.5, 0.6) is 0 Å². The summed E-state index contributed by atoms with van der Waals surface area (Å²) in [6.45, 7) is 10.3. The van der Waals surface area contributed by atoms with Crippen molar-refractivity contribution < 1.29 is 4.74 Å².